The number of thiophene rings is 1. The van der Waals surface area contributed by atoms with E-state index in [1.807, 2.05) is 11.4 Å². The molecular formula is C14H18N2O2S2. The van der Waals surface area contributed by atoms with E-state index in [4.69, 9.17) is 17.0 Å². The summed E-state index contributed by atoms with van der Waals surface area (Å²) < 4.78 is 8.69. The van der Waals surface area contributed by atoms with Crippen molar-refractivity contribution < 1.29 is 4.74 Å². The molecule has 0 atom stereocenters. The molecule has 0 aliphatic heterocycles. The van der Waals surface area contributed by atoms with Crippen LogP contribution in [0.1, 0.15) is 32.1 Å². The third kappa shape index (κ3) is 2.87. The first kappa shape index (κ1) is 14.0. The van der Waals surface area contributed by atoms with Crippen LogP contribution in [0.3, 0.4) is 0 Å². The van der Waals surface area contributed by atoms with Gasteiger partial charge in [0.1, 0.15) is 4.70 Å². The van der Waals surface area contributed by atoms with Crippen molar-refractivity contribution in [3.8, 4) is 0 Å². The summed E-state index contributed by atoms with van der Waals surface area (Å²) in [5, 5.41) is 1.90. The molecule has 0 radical (unpaired) electrons. The van der Waals surface area contributed by atoms with Crippen LogP contribution in [0.5, 0.6) is 0 Å². The molecule has 20 heavy (non-hydrogen) atoms. The van der Waals surface area contributed by atoms with Crippen LogP contribution in [0, 0.1) is 4.77 Å². The molecule has 1 aliphatic rings. The maximum absolute atomic E-state index is 12.3. The Balaban J connectivity index is 1.70. The largest absolute Gasteiger partial charge is 0.376 e. The molecular weight excluding hydrogens is 292 g/mol. The number of nitrogens with one attached hydrogen (secondary N) is 1. The van der Waals surface area contributed by atoms with E-state index in [1.165, 1.54) is 30.6 Å². The number of rotatable bonds is 4. The minimum atomic E-state index is -0.00834. The molecule has 0 amide bonds. The molecule has 0 aromatic carbocycles. The van der Waals surface area contributed by atoms with Crippen LogP contribution in [0.4, 0.5) is 0 Å². The van der Waals surface area contributed by atoms with Crippen molar-refractivity contribution in [2.75, 3.05) is 6.61 Å². The molecule has 6 heteroatoms. The van der Waals surface area contributed by atoms with E-state index in [0.717, 1.165) is 23.1 Å². The van der Waals surface area contributed by atoms with E-state index in [9.17, 15) is 4.79 Å². The van der Waals surface area contributed by atoms with E-state index >= 15 is 0 Å². The van der Waals surface area contributed by atoms with Gasteiger partial charge in [-0.25, -0.2) is 0 Å². The van der Waals surface area contributed by atoms with Gasteiger partial charge in [-0.05, 0) is 36.5 Å². The quantitative estimate of drug-likeness (QED) is 0.880. The molecule has 2 aromatic heterocycles. The van der Waals surface area contributed by atoms with Crippen LogP contribution in [0.25, 0.3) is 10.2 Å². The lowest BCUT2D eigenvalue weighted by Gasteiger charge is -2.22. The summed E-state index contributed by atoms with van der Waals surface area (Å²) >= 11 is 6.71. The van der Waals surface area contributed by atoms with E-state index < -0.39 is 0 Å². The van der Waals surface area contributed by atoms with Gasteiger partial charge in [0.2, 0.25) is 0 Å². The standard InChI is InChI=1S/C14H18N2O2S2/c17-13-12-11(6-9-20-12)15-14(19)16(13)7-8-18-10-4-2-1-3-5-10/h6,9-10H,1-5,7-8H2,(H,15,19). The van der Waals surface area contributed by atoms with E-state index in [0.29, 0.717) is 24.0 Å². The molecule has 1 aliphatic carbocycles. The third-order valence-electron chi connectivity index (χ3n) is 3.81. The fraction of sp³-hybridized carbons (Fsp3) is 0.571. The number of ether oxygens (including phenoxy) is 1. The molecule has 0 spiro atoms. The van der Waals surface area contributed by atoms with Crippen LogP contribution in [0.15, 0.2) is 16.2 Å². The average molecular weight is 310 g/mol. The summed E-state index contributed by atoms with van der Waals surface area (Å²) in [7, 11) is 0. The Hall–Kier alpha value is -0.980. The number of hydrogen-bond donors (Lipinski definition) is 1. The third-order valence-corrected chi connectivity index (χ3v) is 5.04. The Morgan fingerprint density at radius 1 is 1.40 bits per heavy atom. The number of hydrogen-bond acceptors (Lipinski definition) is 4. The highest BCUT2D eigenvalue weighted by atomic mass is 32.1. The van der Waals surface area contributed by atoms with Crippen molar-refractivity contribution in [1.82, 2.24) is 9.55 Å². The van der Waals surface area contributed by atoms with E-state index in [-0.39, 0.29) is 5.56 Å². The number of H-pyrrole nitrogens is 1. The second-order valence-corrected chi connectivity index (χ2v) is 6.48. The van der Waals surface area contributed by atoms with Crippen molar-refractivity contribution in [2.45, 2.75) is 44.8 Å². The van der Waals surface area contributed by atoms with Gasteiger partial charge in [-0.2, -0.15) is 0 Å². The molecule has 0 unspecified atom stereocenters. The zero-order valence-corrected chi connectivity index (χ0v) is 12.9. The highest BCUT2D eigenvalue weighted by Gasteiger charge is 2.14. The minimum Gasteiger partial charge on any atom is -0.376 e. The Kier molecular flexibility index (Phi) is 4.33. The van der Waals surface area contributed by atoms with Crippen LogP contribution in [-0.2, 0) is 11.3 Å². The summed E-state index contributed by atoms with van der Waals surface area (Å²) in [6, 6.07) is 1.89. The van der Waals surface area contributed by atoms with Gasteiger partial charge >= 0.3 is 0 Å². The Labute approximate surface area is 126 Å². The fourth-order valence-electron chi connectivity index (χ4n) is 2.72. The molecule has 1 saturated carbocycles. The highest BCUT2D eigenvalue weighted by molar-refractivity contribution is 7.71. The molecule has 3 rings (SSSR count). The monoisotopic (exact) mass is 310 g/mol. The molecule has 4 nitrogen and oxygen atoms in total. The van der Waals surface area contributed by atoms with Crippen molar-refractivity contribution in [3.05, 3.63) is 26.6 Å². The predicted octanol–water partition coefficient (Wildman–Crippen LogP) is 3.47. The number of fused-ring (bicyclic) bond motifs is 1. The lowest BCUT2D eigenvalue weighted by Crippen LogP contribution is -2.26. The lowest BCUT2D eigenvalue weighted by molar-refractivity contribution is 0.0235. The van der Waals surface area contributed by atoms with Crippen molar-refractivity contribution in [3.63, 3.8) is 0 Å². The Bertz CT molecular complexity index is 695. The van der Waals surface area contributed by atoms with Crippen molar-refractivity contribution in [2.24, 2.45) is 0 Å². The molecule has 108 valence electrons. The minimum absolute atomic E-state index is 0.00834. The number of aromatic amines is 1. The van der Waals surface area contributed by atoms with Gasteiger partial charge in [0.25, 0.3) is 5.56 Å². The van der Waals surface area contributed by atoms with Gasteiger partial charge in [0.15, 0.2) is 4.77 Å². The van der Waals surface area contributed by atoms with E-state index in [1.54, 1.807) is 4.57 Å². The van der Waals surface area contributed by atoms with Gasteiger partial charge in [0.05, 0.1) is 24.8 Å². The maximum Gasteiger partial charge on any atom is 0.272 e. The second kappa shape index (κ2) is 6.20. The molecule has 2 aromatic rings. The van der Waals surface area contributed by atoms with Crippen LogP contribution in [0.2, 0.25) is 0 Å². The van der Waals surface area contributed by atoms with Crippen molar-refractivity contribution >= 4 is 33.8 Å². The SMILES string of the molecule is O=c1c2sccc2[nH]c(=S)n1CCOC1CCCCC1. The van der Waals surface area contributed by atoms with Gasteiger partial charge in [-0.15, -0.1) is 11.3 Å². The first-order valence-corrected chi connectivity index (χ1v) is 8.36. The molecule has 0 bridgehead atoms. The van der Waals surface area contributed by atoms with Gasteiger partial charge in [-0.3, -0.25) is 9.36 Å². The highest BCUT2D eigenvalue weighted by Crippen LogP contribution is 2.20. The molecule has 2 heterocycles. The molecule has 1 fully saturated rings. The zero-order chi connectivity index (χ0) is 13.9. The van der Waals surface area contributed by atoms with Gasteiger partial charge in [-0.1, -0.05) is 19.3 Å². The molecule has 1 N–H and O–H groups in total. The summed E-state index contributed by atoms with van der Waals surface area (Å²) in [4.78, 5) is 15.4. The fourth-order valence-corrected chi connectivity index (χ4v) is 3.80. The van der Waals surface area contributed by atoms with Crippen molar-refractivity contribution in [1.29, 1.82) is 0 Å². The Morgan fingerprint density at radius 2 is 2.20 bits per heavy atom. The topological polar surface area (TPSA) is 47.0 Å². The van der Waals surface area contributed by atoms with Gasteiger partial charge in [0, 0.05) is 0 Å². The van der Waals surface area contributed by atoms with Crippen LogP contribution in [-0.4, -0.2) is 22.3 Å². The average Bonchev–Trinajstić information content (AvgIpc) is 2.92. The first-order chi connectivity index (χ1) is 9.75. The predicted molar refractivity (Wildman–Crippen MR) is 84.1 cm³/mol. The lowest BCUT2D eigenvalue weighted by atomic mass is 9.98. The van der Waals surface area contributed by atoms with Crippen LogP contribution < -0.4 is 5.56 Å². The summed E-state index contributed by atoms with van der Waals surface area (Å²) in [6.07, 6.45) is 6.48. The second-order valence-electron chi connectivity index (χ2n) is 5.18. The zero-order valence-electron chi connectivity index (χ0n) is 11.3. The smallest absolute Gasteiger partial charge is 0.272 e. The summed E-state index contributed by atoms with van der Waals surface area (Å²) in [5.41, 5.74) is 0.820. The summed E-state index contributed by atoms with van der Waals surface area (Å²) in [5.74, 6) is 0. The maximum atomic E-state index is 12.3. The molecule has 0 saturated heterocycles. The van der Waals surface area contributed by atoms with Crippen LogP contribution >= 0.6 is 23.6 Å². The number of aromatic nitrogens is 2. The Morgan fingerprint density at radius 3 is 3.00 bits per heavy atom. The first-order valence-electron chi connectivity index (χ1n) is 7.07. The number of nitrogens with zero attached hydrogens (tertiary/aromatic N) is 1. The normalized spacial score (nSPS) is 16.8. The summed E-state index contributed by atoms with van der Waals surface area (Å²) in [6.45, 7) is 1.08. The van der Waals surface area contributed by atoms with E-state index in [2.05, 4.69) is 4.98 Å². The van der Waals surface area contributed by atoms with Gasteiger partial charge < -0.3 is 9.72 Å².